The molecule has 3 heterocycles. The molecule has 3 aliphatic rings. The van der Waals surface area contributed by atoms with E-state index in [0.29, 0.717) is 18.4 Å². The van der Waals surface area contributed by atoms with E-state index in [9.17, 15) is 24.3 Å². The minimum Gasteiger partial charge on any atom is -0.455 e. The van der Waals surface area contributed by atoms with Gasteiger partial charge in [0.2, 0.25) is 17.7 Å². The van der Waals surface area contributed by atoms with E-state index in [1.807, 2.05) is 19.9 Å². The average Bonchev–Trinajstić information content (AvgIpc) is 3.63. The first-order valence-electron chi connectivity index (χ1n) is 15.8. The summed E-state index contributed by atoms with van der Waals surface area (Å²) < 4.78 is 18.3. The zero-order valence-corrected chi connectivity index (χ0v) is 28.6. The van der Waals surface area contributed by atoms with E-state index in [1.165, 1.54) is 12.0 Å². The van der Waals surface area contributed by atoms with E-state index in [0.717, 1.165) is 0 Å². The number of benzene rings is 1. The summed E-state index contributed by atoms with van der Waals surface area (Å²) in [5, 5.41) is 13.1. The quantitative estimate of drug-likeness (QED) is 0.153. The second kappa shape index (κ2) is 15.2. The second-order valence-corrected chi connectivity index (χ2v) is 13.7. The molecule has 46 heavy (non-hydrogen) atoms. The van der Waals surface area contributed by atoms with Crippen molar-refractivity contribution in [3.8, 4) is 0 Å². The molecule has 2 bridgehead atoms. The smallest absolute Gasteiger partial charge is 0.313 e. The van der Waals surface area contributed by atoms with Crippen LogP contribution in [0.1, 0.15) is 51.7 Å². The standard InChI is InChI=1S/C34H46BrN3O8/c1-7-9-15-25(40)36-24(19-44-6)28(22-13-11-10-12-14-22)45-33(43)26-27-31(41)38(21(5)18-39)30(32(42)37(16-8-2)20(3)4)34(27)17-23(35)29(26)46-34/h7-8,10-14,20-21,23-24,26-30,39H,1-2,9,15-19H2,3-6H3,(H,36,40)/t21-,23?,24+,26-,27+,28+,29-,30-,34+/m1/s1. The first-order chi connectivity index (χ1) is 22.0. The highest BCUT2D eigenvalue weighted by atomic mass is 79.9. The first-order valence-corrected chi connectivity index (χ1v) is 16.7. The van der Waals surface area contributed by atoms with Crippen molar-refractivity contribution in [2.24, 2.45) is 11.8 Å². The highest BCUT2D eigenvalue weighted by Crippen LogP contribution is 2.61. The van der Waals surface area contributed by atoms with Gasteiger partial charge < -0.3 is 34.4 Å². The van der Waals surface area contributed by atoms with Crippen molar-refractivity contribution in [3.05, 3.63) is 61.2 Å². The zero-order valence-electron chi connectivity index (χ0n) is 27.0. The van der Waals surface area contributed by atoms with Crippen LogP contribution in [-0.4, -0.2) is 106 Å². The summed E-state index contributed by atoms with van der Waals surface area (Å²) in [6, 6.07) is 6.32. The van der Waals surface area contributed by atoms with Gasteiger partial charge in [-0.1, -0.05) is 58.4 Å². The average molecular weight is 705 g/mol. The summed E-state index contributed by atoms with van der Waals surface area (Å²) in [5.41, 5.74) is -0.684. The molecule has 1 aromatic carbocycles. The highest BCUT2D eigenvalue weighted by Gasteiger charge is 2.77. The van der Waals surface area contributed by atoms with Gasteiger partial charge in [-0.2, -0.15) is 0 Å². The van der Waals surface area contributed by atoms with E-state index in [1.54, 1.807) is 48.2 Å². The number of halogens is 1. The predicted octanol–water partition coefficient (Wildman–Crippen LogP) is 2.92. The number of alkyl halides is 1. The SMILES string of the molecule is C=CCCC(=O)N[C@@H](COC)[C@@H](OC(=O)[C@H]1[C@@H]2O[C@@]3(CC2Br)[C@@H]1C(=O)N([C@H](C)CO)[C@@H]3C(=O)N(CC=C)C(C)C)c1ccccc1. The van der Waals surface area contributed by atoms with Gasteiger partial charge in [0, 0.05) is 30.9 Å². The molecule has 0 aromatic heterocycles. The molecule has 0 saturated carbocycles. The maximum absolute atomic E-state index is 14.4. The van der Waals surface area contributed by atoms with Crippen LogP contribution in [-0.2, 0) is 33.4 Å². The Morgan fingerprint density at radius 2 is 1.91 bits per heavy atom. The number of aliphatic hydroxyl groups is 1. The van der Waals surface area contributed by atoms with Crippen molar-refractivity contribution in [2.45, 2.75) is 86.8 Å². The zero-order chi connectivity index (χ0) is 33.8. The molecule has 3 fully saturated rings. The number of fused-ring (bicyclic) bond motifs is 1. The molecule has 3 amide bonds. The van der Waals surface area contributed by atoms with Crippen LogP contribution in [0.25, 0.3) is 0 Å². The summed E-state index contributed by atoms with van der Waals surface area (Å²) in [4.78, 5) is 58.5. The van der Waals surface area contributed by atoms with Gasteiger partial charge in [0.1, 0.15) is 17.7 Å². The summed E-state index contributed by atoms with van der Waals surface area (Å²) in [7, 11) is 1.49. The number of carbonyl (C=O) groups excluding carboxylic acids is 4. The van der Waals surface area contributed by atoms with E-state index in [2.05, 4.69) is 34.4 Å². The number of hydrogen-bond donors (Lipinski definition) is 2. The molecule has 3 saturated heterocycles. The fraction of sp³-hybridized carbons (Fsp3) is 0.588. The van der Waals surface area contributed by atoms with Crippen LogP contribution in [0.5, 0.6) is 0 Å². The number of nitrogens with zero attached hydrogens (tertiary/aromatic N) is 2. The number of rotatable bonds is 16. The number of carbonyl (C=O) groups is 4. The normalized spacial score (nSPS) is 28.4. The molecule has 0 radical (unpaired) electrons. The Morgan fingerprint density at radius 1 is 1.22 bits per heavy atom. The molecule has 3 aliphatic heterocycles. The number of amides is 3. The van der Waals surface area contributed by atoms with Gasteiger partial charge in [-0.25, -0.2) is 0 Å². The van der Waals surface area contributed by atoms with Gasteiger partial charge in [0.25, 0.3) is 0 Å². The fourth-order valence-electron chi connectivity index (χ4n) is 7.16. The molecule has 0 aliphatic carbocycles. The van der Waals surface area contributed by atoms with Gasteiger partial charge in [0.05, 0.1) is 43.2 Å². The third kappa shape index (κ3) is 6.67. The second-order valence-electron chi connectivity index (χ2n) is 12.5. The monoisotopic (exact) mass is 703 g/mol. The van der Waals surface area contributed by atoms with E-state index in [-0.39, 0.29) is 48.9 Å². The lowest BCUT2D eigenvalue weighted by Gasteiger charge is -2.39. The molecule has 1 spiro atoms. The number of esters is 1. The Hall–Kier alpha value is -3.06. The van der Waals surface area contributed by atoms with E-state index < -0.39 is 59.6 Å². The van der Waals surface area contributed by atoms with Gasteiger partial charge in [-0.3, -0.25) is 19.2 Å². The molecule has 252 valence electrons. The lowest BCUT2D eigenvalue weighted by Crippen LogP contribution is -2.59. The van der Waals surface area contributed by atoms with Crippen LogP contribution >= 0.6 is 15.9 Å². The van der Waals surface area contributed by atoms with Crippen molar-refractivity contribution in [3.63, 3.8) is 0 Å². The number of ether oxygens (including phenoxy) is 3. The highest BCUT2D eigenvalue weighted by molar-refractivity contribution is 9.09. The number of aliphatic hydroxyl groups excluding tert-OH is 1. The maximum Gasteiger partial charge on any atom is 0.313 e. The number of nitrogens with one attached hydrogen (secondary N) is 1. The van der Waals surface area contributed by atoms with E-state index >= 15 is 0 Å². The number of methoxy groups -OCH3 is 1. The predicted molar refractivity (Wildman–Crippen MR) is 175 cm³/mol. The van der Waals surface area contributed by atoms with Gasteiger partial charge in [-0.05, 0) is 39.2 Å². The topological polar surface area (TPSA) is 135 Å². The molecule has 4 rings (SSSR count). The van der Waals surface area contributed by atoms with E-state index in [4.69, 9.17) is 14.2 Å². The third-order valence-corrected chi connectivity index (χ3v) is 10.1. The Balaban J connectivity index is 1.73. The van der Waals surface area contributed by atoms with Crippen LogP contribution < -0.4 is 5.32 Å². The van der Waals surface area contributed by atoms with Crippen LogP contribution in [0.3, 0.4) is 0 Å². The largest absolute Gasteiger partial charge is 0.455 e. The van der Waals surface area contributed by atoms with Crippen LogP contribution in [0.2, 0.25) is 0 Å². The summed E-state index contributed by atoms with van der Waals surface area (Å²) in [5.74, 6) is -3.76. The Morgan fingerprint density at radius 3 is 2.50 bits per heavy atom. The van der Waals surface area contributed by atoms with Crippen LogP contribution in [0.15, 0.2) is 55.6 Å². The van der Waals surface area contributed by atoms with Gasteiger partial charge in [0.15, 0.2) is 0 Å². The summed E-state index contributed by atoms with van der Waals surface area (Å²) in [6.07, 6.45) is 2.58. The molecular weight excluding hydrogens is 658 g/mol. The molecule has 9 atom stereocenters. The maximum atomic E-state index is 14.4. The van der Waals surface area contributed by atoms with Gasteiger partial charge in [-0.15, -0.1) is 13.2 Å². The Labute approximate surface area is 279 Å². The van der Waals surface area contributed by atoms with Crippen molar-refractivity contribution in [1.82, 2.24) is 15.1 Å². The van der Waals surface area contributed by atoms with Crippen LogP contribution in [0.4, 0.5) is 0 Å². The Bertz CT molecular complexity index is 1290. The number of hydrogen-bond acceptors (Lipinski definition) is 8. The van der Waals surface area contributed by atoms with Crippen molar-refractivity contribution in [2.75, 3.05) is 26.9 Å². The molecule has 1 aromatic rings. The molecule has 2 N–H and O–H groups in total. The molecule has 11 nitrogen and oxygen atoms in total. The lowest BCUT2D eigenvalue weighted by molar-refractivity contribution is -0.163. The molecule has 12 heteroatoms. The minimum absolute atomic E-state index is 0.0529. The van der Waals surface area contributed by atoms with Crippen LogP contribution in [0, 0.1) is 11.8 Å². The van der Waals surface area contributed by atoms with Crippen molar-refractivity contribution < 1.29 is 38.5 Å². The molecular formula is C34H46BrN3O8. The number of allylic oxidation sites excluding steroid dienone is 1. The Kier molecular flexibility index (Phi) is 11.8. The third-order valence-electron chi connectivity index (χ3n) is 9.21. The van der Waals surface area contributed by atoms with Crippen molar-refractivity contribution >= 4 is 39.6 Å². The first kappa shape index (κ1) is 35.8. The molecule has 1 unspecified atom stereocenters. The number of likely N-dealkylation sites (tertiary alicyclic amines) is 1. The summed E-state index contributed by atoms with van der Waals surface area (Å²) >= 11 is 3.69. The van der Waals surface area contributed by atoms with Crippen molar-refractivity contribution in [1.29, 1.82) is 0 Å². The lowest BCUT2D eigenvalue weighted by atomic mass is 9.70. The minimum atomic E-state index is -1.32. The van der Waals surface area contributed by atoms with Gasteiger partial charge >= 0.3 is 5.97 Å². The fourth-order valence-corrected chi connectivity index (χ4v) is 8.10. The summed E-state index contributed by atoms with van der Waals surface area (Å²) in [6.45, 7) is 12.8.